The summed E-state index contributed by atoms with van der Waals surface area (Å²) < 4.78 is 2.03. The van der Waals surface area contributed by atoms with Gasteiger partial charge >= 0.3 is 0 Å². The van der Waals surface area contributed by atoms with Gasteiger partial charge < -0.3 is 9.88 Å². The predicted octanol–water partition coefficient (Wildman–Crippen LogP) is 1.79. The van der Waals surface area contributed by atoms with Crippen LogP contribution in [0.2, 0.25) is 0 Å². The molecule has 5 heteroatoms. The molecule has 0 amide bonds. The van der Waals surface area contributed by atoms with Crippen molar-refractivity contribution in [1.29, 1.82) is 0 Å². The zero-order valence-electron chi connectivity index (χ0n) is 10.1. The van der Waals surface area contributed by atoms with Crippen LogP contribution in [0.5, 0.6) is 0 Å². The molecule has 0 saturated carbocycles. The molecule has 0 radical (unpaired) electrons. The SMILES string of the molecule is CCSCCCNCCCCn1cnnc1. The van der Waals surface area contributed by atoms with Gasteiger partial charge in [-0.3, -0.25) is 0 Å². The van der Waals surface area contributed by atoms with Crippen LogP contribution in [-0.4, -0.2) is 39.4 Å². The lowest BCUT2D eigenvalue weighted by atomic mass is 10.3. The number of unbranched alkanes of at least 4 members (excludes halogenated alkanes) is 1. The maximum Gasteiger partial charge on any atom is 0.119 e. The Balaban J connectivity index is 1.78. The van der Waals surface area contributed by atoms with Gasteiger partial charge in [0.1, 0.15) is 12.7 Å². The first kappa shape index (κ1) is 13.5. The van der Waals surface area contributed by atoms with Gasteiger partial charge in [-0.1, -0.05) is 6.92 Å². The minimum absolute atomic E-state index is 1.03. The second kappa shape index (κ2) is 9.66. The number of hydrogen-bond acceptors (Lipinski definition) is 4. The van der Waals surface area contributed by atoms with E-state index in [2.05, 4.69) is 22.4 Å². The molecule has 0 aromatic carbocycles. The van der Waals surface area contributed by atoms with E-state index in [4.69, 9.17) is 0 Å². The van der Waals surface area contributed by atoms with Crippen molar-refractivity contribution in [3.05, 3.63) is 12.7 Å². The van der Waals surface area contributed by atoms with Crippen LogP contribution in [0.15, 0.2) is 12.7 Å². The normalized spacial score (nSPS) is 10.8. The van der Waals surface area contributed by atoms with Gasteiger partial charge in [-0.15, -0.1) is 10.2 Å². The van der Waals surface area contributed by atoms with Crippen LogP contribution in [0, 0.1) is 0 Å². The molecule has 92 valence electrons. The van der Waals surface area contributed by atoms with Gasteiger partial charge in [0, 0.05) is 6.54 Å². The van der Waals surface area contributed by atoms with Crippen molar-refractivity contribution in [2.75, 3.05) is 24.6 Å². The number of aromatic nitrogens is 3. The predicted molar refractivity (Wildman–Crippen MR) is 69.7 cm³/mol. The molecule has 0 bridgehead atoms. The topological polar surface area (TPSA) is 42.7 Å². The Kier molecular flexibility index (Phi) is 8.16. The smallest absolute Gasteiger partial charge is 0.119 e. The van der Waals surface area contributed by atoms with E-state index in [1.165, 1.54) is 30.8 Å². The molecule has 1 heterocycles. The van der Waals surface area contributed by atoms with E-state index in [-0.39, 0.29) is 0 Å². The van der Waals surface area contributed by atoms with Gasteiger partial charge in [-0.25, -0.2) is 0 Å². The first-order valence-corrected chi connectivity index (χ1v) is 7.20. The van der Waals surface area contributed by atoms with Crippen LogP contribution in [0.1, 0.15) is 26.2 Å². The molecule has 0 atom stereocenters. The largest absolute Gasteiger partial charge is 0.320 e. The molecule has 4 nitrogen and oxygen atoms in total. The summed E-state index contributed by atoms with van der Waals surface area (Å²) in [6.45, 7) is 5.52. The van der Waals surface area contributed by atoms with E-state index < -0.39 is 0 Å². The molecule has 1 rings (SSSR count). The highest BCUT2D eigenvalue weighted by Gasteiger charge is 1.92. The number of nitrogens with zero attached hydrogens (tertiary/aromatic N) is 3. The van der Waals surface area contributed by atoms with Crippen LogP contribution in [-0.2, 0) is 6.54 Å². The Hall–Kier alpha value is -0.550. The van der Waals surface area contributed by atoms with E-state index in [1.54, 1.807) is 12.7 Å². The Morgan fingerprint density at radius 2 is 1.88 bits per heavy atom. The zero-order chi connectivity index (χ0) is 11.5. The number of nitrogens with one attached hydrogen (secondary N) is 1. The minimum Gasteiger partial charge on any atom is -0.320 e. The maximum atomic E-state index is 3.77. The van der Waals surface area contributed by atoms with E-state index in [1.807, 2.05) is 16.3 Å². The van der Waals surface area contributed by atoms with Crippen molar-refractivity contribution < 1.29 is 0 Å². The summed E-state index contributed by atoms with van der Waals surface area (Å²) in [5, 5.41) is 11.0. The third kappa shape index (κ3) is 6.85. The van der Waals surface area contributed by atoms with Crippen LogP contribution in [0.4, 0.5) is 0 Å². The van der Waals surface area contributed by atoms with E-state index >= 15 is 0 Å². The molecule has 1 aromatic heterocycles. The summed E-state index contributed by atoms with van der Waals surface area (Å²) >= 11 is 2.02. The molecule has 0 saturated heterocycles. The average molecular weight is 242 g/mol. The number of aryl methyl sites for hydroxylation is 1. The van der Waals surface area contributed by atoms with Gasteiger partial charge in [-0.05, 0) is 43.9 Å². The molecule has 1 N–H and O–H groups in total. The summed E-state index contributed by atoms with van der Waals surface area (Å²) in [5.74, 6) is 2.52. The second-order valence-electron chi connectivity index (χ2n) is 3.71. The Bertz CT molecular complexity index is 238. The van der Waals surface area contributed by atoms with Crippen LogP contribution in [0.3, 0.4) is 0 Å². The lowest BCUT2D eigenvalue weighted by Gasteiger charge is -2.04. The van der Waals surface area contributed by atoms with E-state index in [9.17, 15) is 0 Å². The minimum atomic E-state index is 1.03. The Labute approximate surface area is 102 Å². The van der Waals surface area contributed by atoms with Crippen LogP contribution in [0.25, 0.3) is 0 Å². The van der Waals surface area contributed by atoms with Crippen molar-refractivity contribution in [3.63, 3.8) is 0 Å². The zero-order valence-corrected chi connectivity index (χ0v) is 10.9. The van der Waals surface area contributed by atoms with Crippen molar-refractivity contribution in [2.24, 2.45) is 0 Å². The Morgan fingerprint density at radius 1 is 1.12 bits per heavy atom. The lowest BCUT2D eigenvalue weighted by molar-refractivity contribution is 0.566. The second-order valence-corrected chi connectivity index (χ2v) is 5.10. The van der Waals surface area contributed by atoms with Gasteiger partial charge in [0.05, 0.1) is 0 Å². The first-order chi connectivity index (χ1) is 7.93. The molecule has 0 aliphatic carbocycles. The van der Waals surface area contributed by atoms with Gasteiger partial charge in [0.2, 0.25) is 0 Å². The van der Waals surface area contributed by atoms with Gasteiger partial charge in [-0.2, -0.15) is 11.8 Å². The third-order valence-electron chi connectivity index (χ3n) is 2.33. The monoisotopic (exact) mass is 242 g/mol. The number of thioether (sulfide) groups is 1. The summed E-state index contributed by atoms with van der Waals surface area (Å²) in [6.07, 6.45) is 7.24. The summed E-state index contributed by atoms with van der Waals surface area (Å²) in [6, 6.07) is 0. The average Bonchev–Trinajstić information content (AvgIpc) is 2.80. The molecule has 0 unspecified atom stereocenters. The molecule has 0 fully saturated rings. The molecule has 0 spiro atoms. The van der Waals surface area contributed by atoms with E-state index in [0.717, 1.165) is 19.6 Å². The molecule has 0 aliphatic heterocycles. The Morgan fingerprint density at radius 3 is 2.62 bits per heavy atom. The van der Waals surface area contributed by atoms with Gasteiger partial charge in [0.25, 0.3) is 0 Å². The summed E-state index contributed by atoms with van der Waals surface area (Å²) in [5.41, 5.74) is 0. The summed E-state index contributed by atoms with van der Waals surface area (Å²) in [7, 11) is 0. The molecular weight excluding hydrogens is 220 g/mol. The highest BCUT2D eigenvalue weighted by atomic mass is 32.2. The maximum absolute atomic E-state index is 3.77. The van der Waals surface area contributed by atoms with Crippen LogP contribution >= 0.6 is 11.8 Å². The first-order valence-electron chi connectivity index (χ1n) is 6.04. The van der Waals surface area contributed by atoms with E-state index in [0.29, 0.717) is 0 Å². The lowest BCUT2D eigenvalue weighted by Crippen LogP contribution is -2.17. The molecule has 1 aromatic rings. The fraction of sp³-hybridized carbons (Fsp3) is 0.818. The highest BCUT2D eigenvalue weighted by Crippen LogP contribution is 1.99. The molecule has 0 aliphatic rings. The number of hydrogen-bond donors (Lipinski definition) is 1. The fourth-order valence-corrected chi connectivity index (χ4v) is 2.09. The quantitative estimate of drug-likeness (QED) is 0.635. The van der Waals surface area contributed by atoms with Crippen molar-refractivity contribution in [3.8, 4) is 0 Å². The van der Waals surface area contributed by atoms with Gasteiger partial charge in [0.15, 0.2) is 0 Å². The molecular formula is C11H22N4S. The fourth-order valence-electron chi connectivity index (χ4n) is 1.45. The standard InChI is InChI=1S/C11H22N4S/c1-2-16-9-5-7-12-6-3-4-8-15-10-13-14-11-15/h10-12H,2-9H2,1H3. The van der Waals surface area contributed by atoms with Crippen molar-refractivity contribution in [1.82, 2.24) is 20.1 Å². The van der Waals surface area contributed by atoms with Crippen LogP contribution < -0.4 is 5.32 Å². The summed E-state index contributed by atoms with van der Waals surface area (Å²) in [4.78, 5) is 0. The van der Waals surface area contributed by atoms with Crippen molar-refractivity contribution >= 4 is 11.8 Å². The van der Waals surface area contributed by atoms with Crippen molar-refractivity contribution in [2.45, 2.75) is 32.7 Å². The highest BCUT2D eigenvalue weighted by molar-refractivity contribution is 7.99. The molecule has 16 heavy (non-hydrogen) atoms. The number of rotatable bonds is 10. The third-order valence-corrected chi connectivity index (χ3v) is 3.32.